The summed E-state index contributed by atoms with van der Waals surface area (Å²) in [6.07, 6.45) is 1.61. The Bertz CT molecular complexity index is 563. The summed E-state index contributed by atoms with van der Waals surface area (Å²) in [4.78, 5) is 25.0. The van der Waals surface area contributed by atoms with Crippen molar-refractivity contribution in [2.45, 2.75) is 36.7 Å². The third-order valence-electron chi connectivity index (χ3n) is 3.26. The van der Waals surface area contributed by atoms with Crippen molar-refractivity contribution in [2.75, 3.05) is 5.75 Å². The van der Waals surface area contributed by atoms with E-state index < -0.39 is 23.6 Å². The van der Waals surface area contributed by atoms with Gasteiger partial charge in [0.2, 0.25) is 5.91 Å². The van der Waals surface area contributed by atoms with E-state index in [1.54, 1.807) is 0 Å². The Hall–Kier alpha value is -1.63. The van der Waals surface area contributed by atoms with Crippen LogP contribution >= 0.6 is 11.8 Å². The molecule has 1 saturated carbocycles. The van der Waals surface area contributed by atoms with Crippen LogP contribution < -0.4 is 0 Å². The van der Waals surface area contributed by atoms with Gasteiger partial charge in [0, 0.05) is 10.9 Å². The van der Waals surface area contributed by atoms with Crippen LogP contribution in [0.1, 0.15) is 19.8 Å². The lowest BCUT2D eigenvalue weighted by Crippen LogP contribution is -2.45. The molecule has 1 aromatic carbocycles. The fourth-order valence-electron chi connectivity index (χ4n) is 1.99. The van der Waals surface area contributed by atoms with Crippen LogP contribution in [0.5, 0.6) is 0 Å². The molecule has 0 radical (unpaired) electrons. The molecule has 0 spiro atoms. The van der Waals surface area contributed by atoms with E-state index in [2.05, 4.69) is 0 Å². The highest BCUT2D eigenvalue weighted by Crippen LogP contribution is 2.30. The highest BCUT2D eigenvalue weighted by Gasteiger charge is 2.38. The zero-order chi connectivity index (χ0) is 15.6. The lowest BCUT2D eigenvalue weighted by atomic mass is 10.2. The molecular formula is C14H15F2NO3S. The van der Waals surface area contributed by atoms with Gasteiger partial charge in [0.1, 0.15) is 6.04 Å². The number of hydrogen-bond acceptors (Lipinski definition) is 3. The maximum atomic E-state index is 13.1. The summed E-state index contributed by atoms with van der Waals surface area (Å²) in [5, 5.41) is 9.04. The molecule has 4 nitrogen and oxygen atoms in total. The molecule has 1 aliphatic rings. The number of thioether (sulfide) groups is 1. The topological polar surface area (TPSA) is 57.6 Å². The monoisotopic (exact) mass is 315 g/mol. The van der Waals surface area contributed by atoms with Gasteiger partial charge in [-0.25, -0.2) is 13.6 Å². The van der Waals surface area contributed by atoms with Crippen molar-refractivity contribution >= 4 is 23.6 Å². The van der Waals surface area contributed by atoms with Crippen LogP contribution in [0, 0.1) is 11.6 Å². The molecule has 1 amide bonds. The number of carboxylic acid groups (broad SMARTS) is 1. The number of halogens is 2. The van der Waals surface area contributed by atoms with Crippen molar-refractivity contribution in [1.29, 1.82) is 0 Å². The summed E-state index contributed by atoms with van der Waals surface area (Å²) in [5.74, 6) is -3.26. The summed E-state index contributed by atoms with van der Waals surface area (Å²) >= 11 is 1.06. The molecule has 1 N–H and O–H groups in total. The Kier molecular flexibility index (Phi) is 4.82. The van der Waals surface area contributed by atoms with Crippen LogP contribution in [-0.4, -0.2) is 39.7 Å². The third-order valence-corrected chi connectivity index (χ3v) is 4.23. The van der Waals surface area contributed by atoms with Gasteiger partial charge in [-0.1, -0.05) is 0 Å². The zero-order valence-electron chi connectivity index (χ0n) is 11.4. The highest BCUT2D eigenvalue weighted by molar-refractivity contribution is 8.00. The first-order valence-corrected chi connectivity index (χ1v) is 7.50. The molecule has 21 heavy (non-hydrogen) atoms. The van der Waals surface area contributed by atoms with E-state index in [4.69, 9.17) is 5.11 Å². The van der Waals surface area contributed by atoms with E-state index in [1.807, 2.05) is 0 Å². The number of rotatable bonds is 6. The average molecular weight is 315 g/mol. The van der Waals surface area contributed by atoms with Crippen LogP contribution in [0.25, 0.3) is 0 Å². The molecule has 1 fully saturated rings. The molecule has 1 atom stereocenters. The van der Waals surface area contributed by atoms with E-state index >= 15 is 0 Å². The first-order valence-electron chi connectivity index (χ1n) is 6.52. The van der Waals surface area contributed by atoms with Gasteiger partial charge < -0.3 is 10.0 Å². The van der Waals surface area contributed by atoms with Gasteiger partial charge in [-0.2, -0.15) is 0 Å². The predicted molar refractivity (Wildman–Crippen MR) is 74.0 cm³/mol. The molecule has 0 bridgehead atoms. The lowest BCUT2D eigenvalue weighted by Gasteiger charge is -2.26. The Morgan fingerprint density at radius 1 is 1.38 bits per heavy atom. The number of nitrogens with zero attached hydrogens (tertiary/aromatic N) is 1. The van der Waals surface area contributed by atoms with Crippen LogP contribution in [0.4, 0.5) is 8.78 Å². The number of carbonyl (C=O) groups is 2. The van der Waals surface area contributed by atoms with Gasteiger partial charge >= 0.3 is 5.97 Å². The molecule has 1 aliphatic carbocycles. The number of carbonyl (C=O) groups excluding carboxylic acids is 1. The molecule has 1 unspecified atom stereocenters. The quantitative estimate of drug-likeness (QED) is 0.820. The number of carboxylic acids is 1. The van der Waals surface area contributed by atoms with Crippen molar-refractivity contribution in [2.24, 2.45) is 0 Å². The van der Waals surface area contributed by atoms with Crippen molar-refractivity contribution in [3.8, 4) is 0 Å². The summed E-state index contributed by atoms with van der Waals surface area (Å²) in [7, 11) is 0. The summed E-state index contributed by atoms with van der Waals surface area (Å²) < 4.78 is 25.9. The van der Waals surface area contributed by atoms with Crippen molar-refractivity contribution in [1.82, 2.24) is 4.90 Å². The largest absolute Gasteiger partial charge is 0.480 e. The van der Waals surface area contributed by atoms with Gasteiger partial charge in [0.05, 0.1) is 5.75 Å². The van der Waals surface area contributed by atoms with E-state index in [1.165, 1.54) is 17.9 Å². The standard InChI is InChI=1S/C14H15F2NO3S/c1-8(14(19)20)17(9-2-3-9)13(18)7-21-10-4-5-11(15)12(16)6-10/h4-6,8-9H,2-3,7H2,1H3,(H,19,20). The maximum Gasteiger partial charge on any atom is 0.326 e. The van der Waals surface area contributed by atoms with Crippen molar-refractivity contribution in [3.05, 3.63) is 29.8 Å². The second-order valence-electron chi connectivity index (χ2n) is 4.91. The smallest absolute Gasteiger partial charge is 0.326 e. The van der Waals surface area contributed by atoms with Crippen LogP contribution in [0.3, 0.4) is 0 Å². The molecule has 2 rings (SSSR count). The van der Waals surface area contributed by atoms with Crippen LogP contribution in [0.15, 0.2) is 23.1 Å². The second kappa shape index (κ2) is 6.43. The minimum atomic E-state index is -1.05. The molecule has 0 saturated heterocycles. The van der Waals surface area contributed by atoms with Gasteiger partial charge in [0.25, 0.3) is 0 Å². The van der Waals surface area contributed by atoms with Gasteiger partial charge in [-0.05, 0) is 38.0 Å². The summed E-state index contributed by atoms with van der Waals surface area (Å²) in [5.41, 5.74) is 0. The number of amides is 1. The highest BCUT2D eigenvalue weighted by atomic mass is 32.2. The van der Waals surface area contributed by atoms with Crippen LogP contribution in [-0.2, 0) is 9.59 Å². The van der Waals surface area contributed by atoms with Crippen LogP contribution in [0.2, 0.25) is 0 Å². The predicted octanol–water partition coefficient (Wildman–Crippen LogP) is 2.52. The Morgan fingerprint density at radius 2 is 2.05 bits per heavy atom. The van der Waals surface area contributed by atoms with Gasteiger partial charge in [-0.15, -0.1) is 11.8 Å². The summed E-state index contributed by atoms with van der Waals surface area (Å²) in [6, 6.07) is 2.51. The minimum absolute atomic E-state index is 0.000801. The van der Waals surface area contributed by atoms with E-state index in [0.717, 1.165) is 36.7 Å². The first kappa shape index (κ1) is 15.8. The number of aliphatic carboxylic acids is 1. The molecule has 0 heterocycles. The van der Waals surface area contributed by atoms with E-state index in [-0.39, 0.29) is 17.7 Å². The first-order chi connectivity index (χ1) is 9.90. The third kappa shape index (κ3) is 3.93. The second-order valence-corrected chi connectivity index (χ2v) is 5.96. The molecule has 114 valence electrons. The van der Waals surface area contributed by atoms with Gasteiger partial charge in [-0.3, -0.25) is 4.79 Å². The molecule has 0 aliphatic heterocycles. The lowest BCUT2D eigenvalue weighted by molar-refractivity contribution is -0.148. The van der Waals surface area contributed by atoms with Gasteiger partial charge in [0.15, 0.2) is 11.6 Å². The van der Waals surface area contributed by atoms with E-state index in [9.17, 15) is 18.4 Å². The fraction of sp³-hybridized carbons (Fsp3) is 0.429. The number of hydrogen-bond donors (Lipinski definition) is 1. The van der Waals surface area contributed by atoms with E-state index in [0.29, 0.717) is 4.90 Å². The van der Waals surface area contributed by atoms with Crippen molar-refractivity contribution in [3.63, 3.8) is 0 Å². The fourth-order valence-corrected chi connectivity index (χ4v) is 2.78. The number of benzene rings is 1. The summed E-state index contributed by atoms with van der Waals surface area (Å²) in [6.45, 7) is 1.47. The molecular weight excluding hydrogens is 300 g/mol. The Morgan fingerprint density at radius 3 is 2.57 bits per heavy atom. The average Bonchev–Trinajstić information content (AvgIpc) is 3.24. The maximum absolute atomic E-state index is 13.1. The minimum Gasteiger partial charge on any atom is -0.480 e. The molecule has 7 heteroatoms. The molecule has 0 aromatic heterocycles. The molecule has 1 aromatic rings. The zero-order valence-corrected chi connectivity index (χ0v) is 12.2. The Labute approximate surface area is 125 Å². The SMILES string of the molecule is CC(C(=O)O)N(C(=O)CSc1ccc(F)c(F)c1)C1CC1. The van der Waals surface area contributed by atoms with Crippen molar-refractivity contribution < 1.29 is 23.5 Å². The normalized spacial score (nSPS) is 15.6. The Balaban J connectivity index is 1.99.